The van der Waals surface area contributed by atoms with Gasteiger partial charge < -0.3 is 15.2 Å². The first-order valence-electron chi connectivity index (χ1n) is 9.36. The first kappa shape index (κ1) is 19.2. The van der Waals surface area contributed by atoms with Crippen LogP contribution in [0.1, 0.15) is 37.4 Å². The predicted octanol–water partition coefficient (Wildman–Crippen LogP) is 2.45. The third-order valence-corrected chi connectivity index (χ3v) is 4.56. The number of phenols is 1. The van der Waals surface area contributed by atoms with Crippen molar-refractivity contribution in [1.82, 2.24) is 16.2 Å². The summed E-state index contributed by atoms with van der Waals surface area (Å²) in [4.78, 5) is 12.5. The molecule has 0 aliphatic carbocycles. The van der Waals surface area contributed by atoms with Gasteiger partial charge in [-0.2, -0.15) is 0 Å². The van der Waals surface area contributed by atoms with Crippen LogP contribution in [0, 0.1) is 0 Å². The summed E-state index contributed by atoms with van der Waals surface area (Å²) in [5.41, 5.74) is 7.98. The predicted molar refractivity (Wildman–Crippen MR) is 104 cm³/mol. The van der Waals surface area contributed by atoms with E-state index in [2.05, 4.69) is 16.2 Å². The van der Waals surface area contributed by atoms with Crippen molar-refractivity contribution in [3.05, 3.63) is 59.7 Å². The van der Waals surface area contributed by atoms with E-state index < -0.39 is 0 Å². The summed E-state index contributed by atoms with van der Waals surface area (Å²) in [6.07, 6.45) is 1.40. The van der Waals surface area contributed by atoms with Crippen LogP contribution in [-0.4, -0.2) is 29.7 Å². The molecule has 6 heteroatoms. The van der Waals surface area contributed by atoms with Crippen molar-refractivity contribution in [1.29, 1.82) is 0 Å². The lowest BCUT2D eigenvalue weighted by Gasteiger charge is -2.15. The van der Waals surface area contributed by atoms with Gasteiger partial charge in [0.2, 0.25) is 5.91 Å². The monoisotopic (exact) mass is 369 g/mol. The zero-order valence-corrected chi connectivity index (χ0v) is 15.7. The average Bonchev–Trinajstić information content (AvgIpc) is 3.13. The highest BCUT2D eigenvalue weighted by Gasteiger charge is 2.31. The van der Waals surface area contributed by atoms with Crippen molar-refractivity contribution in [2.24, 2.45) is 0 Å². The number of hydrazine groups is 1. The van der Waals surface area contributed by atoms with Gasteiger partial charge in [0, 0.05) is 12.1 Å². The summed E-state index contributed by atoms with van der Waals surface area (Å²) in [5.74, 6) is 1.05. The second-order valence-electron chi connectivity index (χ2n) is 7.00. The Morgan fingerprint density at radius 2 is 1.93 bits per heavy atom. The van der Waals surface area contributed by atoms with Crippen LogP contribution in [0.25, 0.3) is 0 Å². The van der Waals surface area contributed by atoms with Gasteiger partial charge in [-0.25, -0.2) is 10.9 Å². The van der Waals surface area contributed by atoms with E-state index >= 15 is 0 Å². The lowest BCUT2D eigenvalue weighted by molar-refractivity contribution is -0.122. The van der Waals surface area contributed by atoms with Crippen LogP contribution in [0.4, 0.5) is 0 Å². The molecule has 27 heavy (non-hydrogen) atoms. The average molecular weight is 369 g/mol. The van der Waals surface area contributed by atoms with Gasteiger partial charge in [0.1, 0.15) is 17.5 Å². The van der Waals surface area contributed by atoms with E-state index in [9.17, 15) is 9.90 Å². The van der Waals surface area contributed by atoms with Crippen LogP contribution in [0.15, 0.2) is 48.5 Å². The summed E-state index contributed by atoms with van der Waals surface area (Å²) in [6.45, 7) is 4.53. The molecule has 2 unspecified atom stereocenters. The van der Waals surface area contributed by atoms with Gasteiger partial charge in [-0.1, -0.05) is 36.4 Å². The second kappa shape index (κ2) is 8.88. The molecule has 0 saturated carbocycles. The molecule has 1 aliphatic heterocycles. The van der Waals surface area contributed by atoms with Crippen LogP contribution in [0.2, 0.25) is 0 Å². The fourth-order valence-corrected chi connectivity index (χ4v) is 3.24. The molecule has 1 fully saturated rings. The maximum atomic E-state index is 12.5. The molecule has 1 amide bonds. The van der Waals surface area contributed by atoms with Crippen molar-refractivity contribution >= 4 is 5.91 Å². The van der Waals surface area contributed by atoms with E-state index in [-0.39, 0.29) is 29.8 Å². The fraction of sp³-hybridized carbons (Fsp3) is 0.381. The van der Waals surface area contributed by atoms with Gasteiger partial charge in [0.25, 0.3) is 0 Å². The number of phenolic OH excluding ortho intramolecular Hbond substituents is 1. The quantitative estimate of drug-likeness (QED) is 0.603. The van der Waals surface area contributed by atoms with E-state index in [4.69, 9.17) is 4.74 Å². The minimum Gasteiger partial charge on any atom is -0.508 e. The number of amides is 1. The van der Waals surface area contributed by atoms with Gasteiger partial charge in [0.05, 0.1) is 12.1 Å². The fourth-order valence-electron chi connectivity index (χ4n) is 3.24. The zero-order chi connectivity index (χ0) is 19.2. The first-order chi connectivity index (χ1) is 13.0. The number of rotatable bonds is 7. The summed E-state index contributed by atoms with van der Waals surface area (Å²) in [5, 5.41) is 13.0. The van der Waals surface area contributed by atoms with Gasteiger partial charge in [-0.05, 0) is 44.4 Å². The third-order valence-electron chi connectivity index (χ3n) is 4.56. The smallest absolute Gasteiger partial charge is 0.238 e. The molecule has 0 aromatic heterocycles. The Morgan fingerprint density at radius 3 is 2.70 bits per heavy atom. The van der Waals surface area contributed by atoms with Crippen molar-refractivity contribution < 1.29 is 14.6 Å². The van der Waals surface area contributed by atoms with E-state index in [1.54, 1.807) is 12.1 Å². The van der Waals surface area contributed by atoms with E-state index in [0.29, 0.717) is 19.4 Å². The number of carbonyl (C=O) groups is 1. The van der Waals surface area contributed by atoms with Crippen LogP contribution in [-0.2, 0) is 11.2 Å². The Hall–Kier alpha value is -2.57. The number of para-hydroxylation sites is 2. The number of hydrogen-bond acceptors (Lipinski definition) is 5. The van der Waals surface area contributed by atoms with Gasteiger partial charge in [-0.15, -0.1) is 0 Å². The summed E-state index contributed by atoms with van der Waals surface area (Å²) in [6, 6.07) is 14.6. The molecular weight excluding hydrogens is 342 g/mol. The van der Waals surface area contributed by atoms with E-state index in [1.165, 1.54) is 0 Å². The maximum absolute atomic E-state index is 12.5. The molecule has 2 aromatic rings. The molecule has 2 aromatic carbocycles. The lowest BCUT2D eigenvalue weighted by Crippen LogP contribution is -2.43. The standard InChI is InChI=1S/C21H27N3O3/c1-14(2)27-20-10-6-3-7-15(20)11-12-22-21(26)18-13-17(23-24-18)16-8-4-5-9-19(16)25/h3-10,14,17-18,23-25H,11-13H2,1-2H3,(H,22,26). The normalized spacial score (nSPS) is 19.2. The molecule has 6 nitrogen and oxygen atoms in total. The topological polar surface area (TPSA) is 82.6 Å². The Balaban J connectivity index is 1.50. The van der Waals surface area contributed by atoms with Crippen molar-refractivity contribution in [3.8, 4) is 11.5 Å². The molecule has 0 bridgehead atoms. The molecule has 1 saturated heterocycles. The number of nitrogens with one attached hydrogen (secondary N) is 3. The molecule has 4 N–H and O–H groups in total. The first-order valence-corrected chi connectivity index (χ1v) is 9.36. The molecule has 0 radical (unpaired) electrons. The SMILES string of the molecule is CC(C)Oc1ccccc1CCNC(=O)C1CC(c2ccccc2O)NN1. The number of ether oxygens (including phenoxy) is 1. The Morgan fingerprint density at radius 1 is 1.19 bits per heavy atom. The Bertz CT molecular complexity index is 779. The van der Waals surface area contributed by atoms with Crippen molar-refractivity contribution in [3.63, 3.8) is 0 Å². The minimum atomic E-state index is -0.336. The Kier molecular flexibility index (Phi) is 6.32. The number of aromatic hydroxyl groups is 1. The molecular formula is C21H27N3O3. The van der Waals surface area contributed by atoms with Crippen molar-refractivity contribution in [2.75, 3.05) is 6.54 Å². The molecule has 1 heterocycles. The lowest BCUT2D eigenvalue weighted by atomic mass is 10.0. The van der Waals surface area contributed by atoms with Gasteiger partial charge in [-0.3, -0.25) is 4.79 Å². The second-order valence-corrected chi connectivity index (χ2v) is 7.00. The molecule has 1 aliphatic rings. The number of carbonyl (C=O) groups excluding carboxylic acids is 1. The number of hydrogen-bond donors (Lipinski definition) is 4. The highest BCUT2D eigenvalue weighted by atomic mass is 16.5. The molecule has 2 atom stereocenters. The van der Waals surface area contributed by atoms with Gasteiger partial charge >= 0.3 is 0 Å². The van der Waals surface area contributed by atoms with Gasteiger partial charge in [0.15, 0.2) is 0 Å². The molecule has 3 rings (SSSR count). The van der Waals surface area contributed by atoms with Crippen LogP contribution >= 0.6 is 0 Å². The summed E-state index contributed by atoms with van der Waals surface area (Å²) < 4.78 is 5.82. The zero-order valence-electron chi connectivity index (χ0n) is 15.7. The van der Waals surface area contributed by atoms with Crippen LogP contribution in [0.3, 0.4) is 0 Å². The minimum absolute atomic E-state index is 0.0531. The summed E-state index contributed by atoms with van der Waals surface area (Å²) in [7, 11) is 0. The highest BCUT2D eigenvalue weighted by Crippen LogP contribution is 2.29. The maximum Gasteiger partial charge on any atom is 0.238 e. The number of benzene rings is 2. The van der Waals surface area contributed by atoms with Crippen molar-refractivity contribution in [2.45, 2.75) is 44.9 Å². The third kappa shape index (κ3) is 4.99. The Labute approximate surface area is 159 Å². The van der Waals surface area contributed by atoms with E-state index in [0.717, 1.165) is 16.9 Å². The molecule has 144 valence electrons. The largest absolute Gasteiger partial charge is 0.508 e. The molecule has 0 spiro atoms. The highest BCUT2D eigenvalue weighted by molar-refractivity contribution is 5.82. The van der Waals surface area contributed by atoms with E-state index in [1.807, 2.05) is 50.2 Å². The summed E-state index contributed by atoms with van der Waals surface area (Å²) >= 11 is 0. The van der Waals surface area contributed by atoms with Crippen LogP contribution in [0.5, 0.6) is 11.5 Å². The van der Waals surface area contributed by atoms with Crippen LogP contribution < -0.4 is 20.9 Å².